The first-order valence-corrected chi connectivity index (χ1v) is 10.8. The first-order chi connectivity index (χ1) is 12.4. The van der Waals surface area contributed by atoms with Crippen molar-refractivity contribution in [2.75, 3.05) is 45.9 Å². The molecule has 6 heteroatoms. The first kappa shape index (κ1) is 25.0. The van der Waals surface area contributed by atoms with Gasteiger partial charge < -0.3 is 15.0 Å². The molecular weight excluding hydrogens is 451 g/mol. The average Bonchev–Trinajstić information content (AvgIpc) is 3.09. The van der Waals surface area contributed by atoms with Crippen LogP contribution in [0.25, 0.3) is 0 Å². The second-order valence-electron chi connectivity index (χ2n) is 8.86. The number of nitrogens with zero attached hydrogens (tertiary/aromatic N) is 3. The highest BCUT2D eigenvalue weighted by Gasteiger charge is 2.35. The molecule has 0 saturated carbocycles. The molecule has 3 atom stereocenters. The molecule has 2 heterocycles. The maximum absolute atomic E-state index is 6.14. The monoisotopic (exact) mass is 494 g/mol. The fraction of sp³-hybridized carbons (Fsp3) is 0.952. The van der Waals surface area contributed by atoms with Gasteiger partial charge in [-0.15, -0.1) is 24.0 Å². The largest absolute Gasteiger partial charge is 0.377 e. The molecule has 0 bridgehead atoms. The van der Waals surface area contributed by atoms with Crippen molar-refractivity contribution in [3.8, 4) is 0 Å². The maximum Gasteiger partial charge on any atom is 0.193 e. The number of aliphatic imine (C=N–C) groups is 1. The lowest BCUT2D eigenvalue weighted by molar-refractivity contribution is -0.0824. The van der Waals surface area contributed by atoms with E-state index in [1.165, 1.54) is 12.8 Å². The van der Waals surface area contributed by atoms with E-state index in [2.05, 4.69) is 56.7 Å². The van der Waals surface area contributed by atoms with Gasteiger partial charge >= 0.3 is 0 Å². The van der Waals surface area contributed by atoms with Crippen molar-refractivity contribution < 1.29 is 4.74 Å². The van der Waals surface area contributed by atoms with Crippen LogP contribution >= 0.6 is 24.0 Å². The number of halogens is 1. The van der Waals surface area contributed by atoms with E-state index in [1.807, 2.05) is 0 Å². The molecule has 0 spiro atoms. The minimum atomic E-state index is 0. The predicted octanol–water partition coefficient (Wildman–Crippen LogP) is 3.83. The van der Waals surface area contributed by atoms with Crippen molar-refractivity contribution in [3.63, 3.8) is 0 Å². The highest BCUT2D eigenvalue weighted by atomic mass is 127. The van der Waals surface area contributed by atoms with Gasteiger partial charge in [-0.3, -0.25) is 9.89 Å². The third kappa shape index (κ3) is 7.03. The van der Waals surface area contributed by atoms with Gasteiger partial charge in [0.25, 0.3) is 0 Å². The van der Waals surface area contributed by atoms with Crippen molar-refractivity contribution in [1.82, 2.24) is 15.1 Å². The van der Waals surface area contributed by atoms with Crippen LogP contribution in [0.15, 0.2) is 4.99 Å². The molecule has 27 heavy (non-hydrogen) atoms. The molecule has 0 aromatic rings. The highest BCUT2D eigenvalue weighted by Crippen LogP contribution is 2.34. The molecular formula is C21H43IN4O. The molecule has 2 rings (SSSR count). The van der Waals surface area contributed by atoms with Crippen LogP contribution in [0, 0.1) is 11.3 Å². The summed E-state index contributed by atoms with van der Waals surface area (Å²) in [5, 5.41) is 3.53. The van der Waals surface area contributed by atoms with E-state index in [0.29, 0.717) is 18.1 Å². The van der Waals surface area contributed by atoms with Crippen LogP contribution in [-0.2, 0) is 4.74 Å². The summed E-state index contributed by atoms with van der Waals surface area (Å²) < 4.78 is 6.14. The average molecular weight is 495 g/mol. The third-order valence-corrected chi connectivity index (χ3v) is 5.90. The Balaban J connectivity index is 0.00000364. The van der Waals surface area contributed by atoms with E-state index in [9.17, 15) is 0 Å². The van der Waals surface area contributed by atoms with Gasteiger partial charge in [-0.05, 0) is 44.7 Å². The molecule has 2 saturated heterocycles. The number of hydrogen-bond acceptors (Lipinski definition) is 3. The molecule has 2 aliphatic rings. The first-order valence-electron chi connectivity index (χ1n) is 10.8. The topological polar surface area (TPSA) is 40.1 Å². The van der Waals surface area contributed by atoms with Gasteiger partial charge in [0.15, 0.2) is 5.96 Å². The van der Waals surface area contributed by atoms with Gasteiger partial charge in [-0.2, -0.15) is 0 Å². The van der Waals surface area contributed by atoms with Crippen LogP contribution in [0.3, 0.4) is 0 Å². The van der Waals surface area contributed by atoms with E-state index >= 15 is 0 Å². The fourth-order valence-electron chi connectivity index (χ4n) is 4.59. The maximum atomic E-state index is 6.14. The van der Waals surface area contributed by atoms with Gasteiger partial charge in [0, 0.05) is 44.7 Å². The fourth-order valence-corrected chi connectivity index (χ4v) is 4.59. The van der Waals surface area contributed by atoms with Crippen molar-refractivity contribution in [3.05, 3.63) is 0 Å². The minimum absolute atomic E-state index is 0. The number of hydrogen-bond donors (Lipinski definition) is 1. The number of ether oxygens (including phenoxy) is 1. The molecule has 2 aliphatic heterocycles. The summed E-state index contributed by atoms with van der Waals surface area (Å²) in [5.41, 5.74) is 0.181. The van der Waals surface area contributed by atoms with Crippen LogP contribution in [0.1, 0.15) is 60.8 Å². The van der Waals surface area contributed by atoms with E-state index in [4.69, 9.17) is 9.73 Å². The van der Waals surface area contributed by atoms with Crippen molar-refractivity contribution >= 4 is 29.9 Å². The Labute approximate surface area is 184 Å². The molecule has 5 nitrogen and oxygen atoms in total. The van der Waals surface area contributed by atoms with E-state index in [0.717, 1.165) is 58.3 Å². The predicted molar refractivity (Wildman–Crippen MR) is 126 cm³/mol. The molecule has 3 unspecified atom stereocenters. The SMILES string of the molecule is CCNC(=NCC1CCCOC1C(C)(C)C)N1CCC(N(CC)CC)C1.I. The molecule has 0 aliphatic carbocycles. The summed E-state index contributed by atoms with van der Waals surface area (Å²) in [6.45, 7) is 20.7. The third-order valence-electron chi connectivity index (χ3n) is 5.90. The Kier molecular flexibility index (Phi) is 10.9. The number of likely N-dealkylation sites (N-methyl/N-ethyl adjacent to an activating group) is 1. The van der Waals surface area contributed by atoms with Crippen molar-refractivity contribution in [1.29, 1.82) is 0 Å². The zero-order chi connectivity index (χ0) is 19.2. The second-order valence-corrected chi connectivity index (χ2v) is 8.86. The summed E-state index contributed by atoms with van der Waals surface area (Å²) in [5.74, 6) is 1.62. The molecule has 1 N–H and O–H groups in total. The van der Waals surface area contributed by atoms with Gasteiger partial charge in [0.05, 0.1) is 6.10 Å². The number of likely N-dealkylation sites (tertiary alicyclic amines) is 1. The quantitative estimate of drug-likeness (QED) is 0.346. The molecule has 0 aromatic carbocycles. The number of guanidine groups is 1. The molecule has 0 amide bonds. The lowest BCUT2D eigenvalue weighted by Crippen LogP contribution is -2.44. The molecule has 0 aromatic heterocycles. The lowest BCUT2D eigenvalue weighted by Gasteiger charge is -2.39. The van der Waals surface area contributed by atoms with E-state index in [-0.39, 0.29) is 29.4 Å². The minimum Gasteiger partial charge on any atom is -0.377 e. The lowest BCUT2D eigenvalue weighted by atomic mass is 9.78. The normalized spacial score (nSPS) is 27.0. The van der Waals surface area contributed by atoms with Crippen LogP contribution in [-0.4, -0.2) is 73.8 Å². The zero-order valence-corrected chi connectivity index (χ0v) is 20.8. The highest BCUT2D eigenvalue weighted by molar-refractivity contribution is 14.0. The number of rotatable bonds is 6. The Hall–Kier alpha value is -0.0800. The standard InChI is InChI=1S/C21H42N4O.HI/c1-7-22-20(25-13-12-18(16-25)24(8-2)9-3)23-15-17-11-10-14-26-19(17)21(4,5)6;/h17-19H,7-16H2,1-6H3,(H,22,23);1H. The summed E-state index contributed by atoms with van der Waals surface area (Å²) in [6, 6.07) is 0.661. The van der Waals surface area contributed by atoms with Crippen LogP contribution in [0.4, 0.5) is 0 Å². The second kappa shape index (κ2) is 11.8. The molecule has 2 fully saturated rings. The summed E-state index contributed by atoms with van der Waals surface area (Å²) in [4.78, 5) is 10.1. The van der Waals surface area contributed by atoms with Crippen LogP contribution in [0.5, 0.6) is 0 Å². The van der Waals surface area contributed by atoms with Gasteiger partial charge in [0.2, 0.25) is 0 Å². The number of nitrogens with one attached hydrogen (secondary N) is 1. The summed E-state index contributed by atoms with van der Waals surface area (Å²) in [7, 11) is 0. The van der Waals surface area contributed by atoms with E-state index in [1.54, 1.807) is 0 Å². The smallest absolute Gasteiger partial charge is 0.193 e. The van der Waals surface area contributed by atoms with Gasteiger partial charge in [-0.1, -0.05) is 34.6 Å². The van der Waals surface area contributed by atoms with Crippen LogP contribution < -0.4 is 5.32 Å². The molecule has 0 radical (unpaired) electrons. The van der Waals surface area contributed by atoms with Gasteiger partial charge in [0.1, 0.15) is 0 Å². The Morgan fingerprint density at radius 2 is 1.89 bits per heavy atom. The Bertz CT molecular complexity index is 448. The zero-order valence-electron chi connectivity index (χ0n) is 18.5. The summed E-state index contributed by atoms with van der Waals surface area (Å²) in [6.07, 6.45) is 3.94. The van der Waals surface area contributed by atoms with Crippen molar-refractivity contribution in [2.24, 2.45) is 16.3 Å². The Morgan fingerprint density at radius 3 is 2.48 bits per heavy atom. The summed E-state index contributed by atoms with van der Waals surface area (Å²) >= 11 is 0. The molecule has 160 valence electrons. The van der Waals surface area contributed by atoms with Gasteiger partial charge in [-0.25, -0.2) is 0 Å². The van der Waals surface area contributed by atoms with Crippen molar-refractivity contribution in [2.45, 2.75) is 73.0 Å². The van der Waals surface area contributed by atoms with E-state index < -0.39 is 0 Å². The van der Waals surface area contributed by atoms with Crippen LogP contribution in [0.2, 0.25) is 0 Å². The Morgan fingerprint density at radius 1 is 1.19 bits per heavy atom.